The third kappa shape index (κ3) is 3.63. The fourth-order valence-corrected chi connectivity index (χ4v) is 1.71. The molecule has 0 fully saturated rings. The van der Waals surface area contributed by atoms with Crippen LogP contribution < -0.4 is 5.32 Å². The van der Waals surface area contributed by atoms with E-state index in [0.29, 0.717) is 11.4 Å². The molecule has 0 radical (unpaired) electrons. The Morgan fingerprint density at radius 1 is 1.44 bits per heavy atom. The number of benzene rings is 1. The molecule has 0 aromatic heterocycles. The van der Waals surface area contributed by atoms with Crippen molar-refractivity contribution < 1.29 is 4.79 Å². The number of rotatable bonds is 4. The van der Waals surface area contributed by atoms with Crippen LogP contribution in [0.25, 0.3) is 0 Å². The van der Waals surface area contributed by atoms with Gasteiger partial charge >= 0.3 is 0 Å². The highest BCUT2D eigenvalue weighted by Gasteiger charge is 2.09. The van der Waals surface area contributed by atoms with Gasteiger partial charge in [0.25, 0.3) is 5.91 Å². The van der Waals surface area contributed by atoms with E-state index in [4.69, 9.17) is 0 Å². The molecule has 1 aromatic carbocycles. The van der Waals surface area contributed by atoms with Crippen LogP contribution in [-0.4, -0.2) is 17.3 Å². The molecule has 1 rings (SSSR count). The first-order valence-corrected chi connectivity index (χ1v) is 6.42. The highest BCUT2D eigenvalue weighted by molar-refractivity contribution is 9.09. The molecule has 3 heteroatoms. The van der Waals surface area contributed by atoms with E-state index in [0.717, 1.165) is 23.1 Å². The predicted octanol–water partition coefficient (Wildman–Crippen LogP) is 3.21. The maximum absolute atomic E-state index is 11.9. The largest absolute Gasteiger partial charge is 0.352 e. The van der Waals surface area contributed by atoms with Gasteiger partial charge in [0, 0.05) is 16.9 Å². The van der Waals surface area contributed by atoms with Gasteiger partial charge in [-0.05, 0) is 37.5 Å². The summed E-state index contributed by atoms with van der Waals surface area (Å²) in [6, 6.07) is 5.81. The van der Waals surface area contributed by atoms with E-state index >= 15 is 0 Å². The average molecular weight is 284 g/mol. The van der Waals surface area contributed by atoms with Crippen LogP contribution in [0.2, 0.25) is 0 Å². The van der Waals surface area contributed by atoms with Gasteiger partial charge in [-0.25, -0.2) is 0 Å². The number of hydrogen-bond donors (Lipinski definition) is 1. The highest BCUT2D eigenvalue weighted by atomic mass is 79.9. The Bertz CT molecular complexity index is 374. The number of aryl methyl sites for hydroxylation is 1. The van der Waals surface area contributed by atoms with Crippen LogP contribution in [0.4, 0.5) is 0 Å². The third-order valence-electron chi connectivity index (χ3n) is 2.68. The molecule has 16 heavy (non-hydrogen) atoms. The summed E-state index contributed by atoms with van der Waals surface area (Å²) in [7, 11) is 0. The smallest absolute Gasteiger partial charge is 0.251 e. The summed E-state index contributed by atoms with van der Waals surface area (Å²) in [6.07, 6.45) is 0.941. The summed E-state index contributed by atoms with van der Waals surface area (Å²) in [6.45, 7) is 6.78. The Morgan fingerprint density at radius 2 is 2.12 bits per heavy atom. The van der Waals surface area contributed by atoms with Crippen molar-refractivity contribution in [3.05, 3.63) is 34.9 Å². The summed E-state index contributed by atoms with van der Waals surface area (Å²) in [5.74, 6) is 0.0225. The predicted molar refractivity (Wildman–Crippen MR) is 71.3 cm³/mol. The molecule has 0 aliphatic heterocycles. The van der Waals surface area contributed by atoms with Gasteiger partial charge in [0.15, 0.2) is 0 Å². The van der Waals surface area contributed by atoms with Gasteiger partial charge in [-0.1, -0.05) is 35.0 Å². The van der Waals surface area contributed by atoms with Crippen LogP contribution in [0.15, 0.2) is 18.2 Å². The summed E-state index contributed by atoms with van der Waals surface area (Å²) < 4.78 is 0. The molecule has 0 bridgehead atoms. The fraction of sp³-hybridized carbons (Fsp3) is 0.462. The Morgan fingerprint density at radius 3 is 2.75 bits per heavy atom. The van der Waals surface area contributed by atoms with E-state index < -0.39 is 0 Å². The van der Waals surface area contributed by atoms with Gasteiger partial charge in [0.2, 0.25) is 0 Å². The van der Waals surface area contributed by atoms with Crippen LogP contribution >= 0.6 is 15.9 Å². The first kappa shape index (κ1) is 13.2. The third-order valence-corrected chi connectivity index (χ3v) is 3.13. The van der Waals surface area contributed by atoms with Gasteiger partial charge in [-0.15, -0.1) is 0 Å². The lowest BCUT2D eigenvalue weighted by Crippen LogP contribution is -2.26. The van der Waals surface area contributed by atoms with Gasteiger partial charge in [0.05, 0.1) is 0 Å². The van der Waals surface area contributed by atoms with E-state index in [1.165, 1.54) is 0 Å². The standard InChI is InChI=1S/C13H18BrNO/c1-9-5-4-6-12(11(9)3)13(16)15-8-7-10(2)14/h4-6,10H,7-8H2,1-3H3,(H,15,16). The van der Waals surface area contributed by atoms with Gasteiger partial charge in [-0.3, -0.25) is 4.79 Å². The van der Waals surface area contributed by atoms with E-state index in [9.17, 15) is 4.79 Å². The van der Waals surface area contributed by atoms with E-state index in [-0.39, 0.29) is 5.91 Å². The summed E-state index contributed by atoms with van der Waals surface area (Å²) >= 11 is 3.46. The SMILES string of the molecule is Cc1cccc(C(=O)NCCC(C)Br)c1C. The molecular formula is C13H18BrNO. The van der Waals surface area contributed by atoms with Gasteiger partial charge < -0.3 is 5.32 Å². The second-order valence-corrected chi connectivity index (χ2v) is 5.64. The Balaban J connectivity index is 2.63. The topological polar surface area (TPSA) is 29.1 Å². The van der Waals surface area contributed by atoms with E-state index in [1.54, 1.807) is 0 Å². The van der Waals surface area contributed by atoms with Crippen molar-refractivity contribution in [1.82, 2.24) is 5.32 Å². The summed E-state index contributed by atoms with van der Waals surface area (Å²) in [4.78, 5) is 12.3. The van der Waals surface area contributed by atoms with Crippen LogP contribution in [0.5, 0.6) is 0 Å². The lowest BCUT2D eigenvalue weighted by molar-refractivity contribution is 0.0952. The zero-order valence-corrected chi connectivity index (χ0v) is 11.6. The van der Waals surface area contributed by atoms with Crippen molar-refractivity contribution in [2.45, 2.75) is 32.0 Å². The fourth-order valence-electron chi connectivity index (χ4n) is 1.48. The van der Waals surface area contributed by atoms with Gasteiger partial charge in [-0.2, -0.15) is 0 Å². The number of halogens is 1. The van der Waals surface area contributed by atoms with Crippen molar-refractivity contribution in [2.24, 2.45) is 0 Å². The maximum Gasteiger partial charge on any atom is 0.251 e. The first-order chi connectivity index (χ1) is 7.52. The molecule has 1 aromatic rings. The van der Waals surface area contributed by atoms with E-state index in [1.807, 2.05) is 32.0 Å². The Labute approximate surface area is 106 Å². The number of carbonyl (C=O) groups is 1. The lowest BCUT2D eigenvalue weighted by Gasteiger charge is -2.10. The zero-order valence-electron chi connectivity index (χ0n) is 10.0. The minimum Gasteiger partial charge on any atom is -0.352 e. The molecule has 2 nitrogen and oxygen atoms in total. The second kappa shape index (κ2) is 6.04. The number of amides is 1. The number of carbonyl (C=O) groups excluding carboxylic acids is 1. The van der Waals surface area contributed by atoms with Crippen molar-refractivity contribution in [1.29, 1.82) is 0 Å². The number of nitrogens with one attached hydrogen (secondary N) is 1. The quantitative estimate of drug-likeness (QED) is 0.845. The summed E-state index contributed by atoms with van der Waals surface area (Å²) in [5, 5.41) is 2.93. The number of alkyl halides is 1. The van der Waals surface area contributed by atoms with Crippen molar-refractivity contribution in [2.75, 3.05) is 6.54 Å². The molecule has 1 N–H and O–H groups in total. The first-order valence-electron chi connectivity index (χ1n) is 5.51. The molecule has 1 amide bonds. The maximum atomic E-state index is 11.9. The molecule has 0 saturated carbocycles. The molecule has 0 heterocycles. The van der Waals surface area contributed by atoms with Crippen LogP contribution in [0, 0.1) is 13.8 Å². The van der Waals surface area contributed by atoms with Crippen LogP contribution in [0.3, 0.4) is 0 Å². The molecule has 0 saturated heterocycles. The summed E-state index contributed by atoms with van der Waals surface area (Å²) in [5.41, 5.74) is 3.00. The molecule has 0 spiro atoms. The Hall–Kier alpha value is -0.830. The molecule has 1 unspecified atom stereocenters. The number of hydrogen-bond acceptors (Lipinski definition) is 1. The molecule has 88 valence electrons. The van der Waals surface area contributed by atoms with E-state index in [2.05, 4.69) is 28.2 Å². The monoisotopic (exact) mass is 283 g/mol. The normalized spacial score (nSPS) is 12.2. The zero-order chi connectivity index (χ0) is 12.1. The highest BCUT2D eigenvalue weighted by Crippen LogP contribution is 2.12. The molecular weight excluding hydrogens is 266 g/mol. The minimum atomic E-state index is 0.0225. The second-order valence-electron chi connectivity index (χ2n) is 4.07. The molecule has 0 aliphatic carbocycles. The van der Waals surface area contributed by atoms with Crippen molar-refractivity contribution in [3.63, 3.8) is 0 Å². The molecule has 1 atom stereocenters. The van der Waals surface area contributed by atoms with Gasteiger partial charge in [0.1, 0.15) is 0 Å². The lowest BCUT2D eigenvalue weighted by atomic mass is 10.0. The van der Waals surface area contributed by atoms with Crippen molar-refractivity contribution >= 4 is 21.8 Å². The van der Waals surface area contributed by atoms with Crippen molar-refractivity contribution in [3.8, 4) is 0 Å². The van der Waals surface area contributed by atoms with Crippen LogP contribution in [-0.2, 0) is 0 Å². The van der Waals surface area contributed by atoms with Crippen LogP contribution in [0.1, 0.15) is 34.8 Å². The molecule has 0 aliphatic rings. The Kier molecular flexibility index (Phi) is 5.00. The minimum absolute atomic E-state index is 0.0225. The average Bonchev–Trinajstić information content (AvgIpc) is 2.21.